The van der Waals surface area contributed by atoms with Gasteiger partial charge in [-0.3, -0.25) is 9.89 Å². The fourth-order valence-corrected chi connectivity index (χ4v) is 4.24. The van der Waals surface area contributed by atoms with E-state index < -0.39 is 12.7 Å². The second-order valence-corrected chi connectivity index (χ2v) is 7.48. The van der Waals surface area contributed by atoms with Gasteiger partial charge < -0.3 is 15.4 Å². The number of guanidine groups is 1. The molecule has 2 N–H and O–H groups in total. The van der Waals surface area contributed by atoms with E-state index >= 15 is 0 Å². The van der Waals surface area contributed by atoms with E-state index in [9.17, 15) is 13.2 Å². The predicted octanol–water partition coefficient (Wildman–Crippen LogP) is 2.14. The number of piperidine rings is 1. The van der Waals surface area contributed by atoms with Gasteiger partial charge in [-0.05, 0) is 57.5 Å². The Morgan fingerprint density at radius 3 is 2.52 bits per heavy atom. The van der Waals surface area contributed by atoms with Crippen molar-refractivity contribution in [2.75, 3.05) is 33.2 Å². The van der Waals surface area contributed by atoms with Crippen molar-refractivity contribution in [2.24, 2.45) is 10.9 Å². The smallest absolute Gasteiger partial charge is 0.373 e. The molecule has 3 rings (SSSR count). The molecule has 8 heteroatoms. The Kier molecular flexibility index (Phi) is 6.09. The van der Waals surface area contributed by atoms with Gasteiger partial charge in [0.2, 0.25) is 0 Å². The molecule has 0 saturated carbocycles. The average Bonchev–Trinajstić information content (AvgIpc) is 3.17. The molecule has 3 unspecified atom stereocenters. The van der Waals surface area contributed by atoms with Crippen LogP contribution in [0.4, 0.5) is 13.2 Å². The van der Waals surface area contributed by atoms with E-state index in [1.807, 2.05) is 0 Å². The third kappa shape index (κ3) is 5.48. The van der Waals surface area contributed by atoms with E-state index in [-0.39, 0.29) is 0 Å². The van der Waals surface area contributed by atoms with Gasteiger partial charge in [0.25, 0.3) is 0 Å². The zero-order chi connectivity index (χ0) is 17.9. The number of likely N-dealkylation sites (tertiary alicyclic amines) is 1. The zero-order valence-electron chi connectivity index (χ0n) is 14.8. The molecular formula is C17H29F3N4O. The minimum atomic E-state index is -4.09. The van der Waals surface area contributed by atoms with Gasteiger partial charge in [-0.15, -0.1) is 0 Å². The lowest BCUT2D eigenvalue weighted by molar-refractivity contribution is -0.148. The third-order valence-corrected chi connectivity index (χ3v) is 5.61. The Morgan fingerprint density at radius 2 is 1.96 bits per heavy atom. The highest BCUT2D eigenvalue weighted by Crippen LogP contribution is 2.34. The van der Waals surface area contributed by atoms with Crippen LogP contribution in [0.25, 0.3) is 0 Å². The van der Waals surface area contributed by atoms with Crippen LogP contribution in [0.5, 0.6) is 0 Å². The van der Waals surface area contributed by atoms with Gasteiger partial charge in [0, 0.05) is 13.6 Å². The first-order valence-electron chi connectivity index (χ1n) is 9.34. The molecule has 3 fully saturated rings. The van der Waals surface area contributed by atoms with Crippen LogP contribution in [-0.2, 0) is 4.74 Å². The number of nitrogens with one attached hydrogen (secondary N) is 2. The molecule has 5 nitrogen and oxygen atoms in total. The Hall–Kier alpha value is -1.02. The van der Waals surface area contributed by atoms with Gasteiger partial charge in [0.1, 0.15) is 0 Å². The summed E-state index contributed by atoms with van der Waals surface area (Å²) in [6.45, 7) is 1.10. The molecule has 3 atom stereocenters. The second-order valence-electron chi connectivity index (χ2n) is 7.48. The maximum Gasteiger partial charge on any atom is 0.401 e. The van der Waals surface area contributed by atoms with Crippen molar-refractivity contribution < 1.29 is 17.9 Å². The first-order chi connectivity index (χ1) is 11.9. The Balaban J connectivity index is 1.31. The fourth-order valence-electron chi connectivity index (χ4n) is 4.24. The molecule has 2 bridgehead atoms. The maximum atomic E-state index is 12.4. The zero-order valence-corrected chi connectivity index (χ0v) is 14.8. The summed E-state index contributed by atoms with van der Waals surface area (Å²) in [5.41, 5.74) is 0. The minimum Gasteiger partial charge on any atom is -0.373 e. The van der Waals surface area contributed by atoms with Crippen LogP contribution in [0.1, 0.15) is 38.5 Å². The first-order valence-corrected chi connectivity index (χ1v) is 9.34. The van der Waals surface area contributed by atoms with E-state index in [4.69, 9.17) is 4.74 Å². The number of aliphatic imine (C=N–C) groups is 1. The number of hydrogen-bond acceptors (Lipinski definition) is 3. The van der Waals surface area contributed by atoms with Crippen molar-refractivity contribution in [1.29, 1.82) is 0 Å². The largest absolute Gasteiger partial charge is 0.401 e. The van der Waals surface area contributed by atoms with Crippen molar-refractivity contribution in [3.8, 4) is 0 Å². The van der Waals surface area contributed by atoms with E-state index in [0.717, 1.165) is 44.6 Å². The molecular weight excluding hydrogens is 333 g/mol. The predicted molar refractivity (Wildman–Crippen MR) is 90.6 cm³/mol. The lowest BCUT2D eigenvalue weighted by Gasteiger charge is -2.32. The number of ether oxygens (including phenoxy) is 1. The molecule has 144 valence electrons. The summed E-state index contributed by atoms with van der Waals surface area (Å²) in [7, 11) is 1.76. The summed E-state index contributed by atoms with van der Waals surface area (Å²) in [4.78, 5) is 5.79. The quantitative estimate of drug-likeness (QED) is 0.581. The number of alkyl halides is 3. The van der Waals surface area contributed by atoms with E-state index in [0.29, 0.717) is 37.3 Å². The molecule has 0 aromatic rings. The maximum absolute atomic E-state index is 12.4. The van der Waals surface area contributed by atoms with Gasteiger partial charge in [-0.25, -0.2) is 0 Å². The SMILES string of the molecule is CN=C(NCCC1CCN(CC(F)(F)F)CC1)NC1CC2CCC1O2. The Morgan fingerprint density at radius 1 is 1.20 bits per heavy atom. The molecule has 0 amide bonds. The van der Waals surface area contributed by atoms with Gasteiger partial charge in [0.05, 0.1) is 24.8 Å². The molecule has 0 radical (unpaired) electrons. The summed E-state index contributed by atoms with van der Waals surface area (Å²) in [5, 5.41) is 6.79. The lowest BCUT2D eigenvalue weighted by atomic mass is 9.93. The molecule has 3 heterocycles. The topological polar surface area (TPSA) is 48.9 Å². The van der Waals surface area contributed by atoms with Crippen molar-refractivity contribution in [3.05, 3.63) is 0 Å². The molecule has 3 aliphatic heterocycles. The average molecular weight is 362 g/mol. The van der Waals surface area contributed by atoms with Gasteiger partial charge >= 0.3 is 6.18 Å². The number of halogens is 3. The highest BCUT2D eigenvalue weighted by atomic mass is 19.4. The van der Waals surface area contributed by atoms with Crippen molar-refractivity contribution >= 4 is 5.96 Å². The molecule has 3 saturated heterocycles. The molecule has 0 aromatic heterocycles. The van der Waals surface area contributed by atoms with Crippen molar-refractivity contribution in [3.63, 3.8) is 0 Å². The molecule has 0 aromatic carbocycles. The summed E-state index contributed by atoms with van der Waals surface area (Å²) < 4.78 is 43.1. The Labute approximate surface area is 147 Å². The van der Waals surface area contributed by atoms with Crippen LogP contribution in [0, 0.1) is 5.92 Å². The number of hydrogen-bond donors (Lipinski definition) is 2. The van der Waals surface area contributed by atoms with Crippen LogP contribution in [0.15, 0.2) is 4.99 Å². The van der Waals surface area contributed by atoms with Crippen LogP contribution in [0.3, 0.4) is 0 Å². The molecule has 25 heavy (non-hydrogen) atoms. The first kappa shape index (κ1) is 18.8. The number of fused-ring (bicyclic) bond motifs is 2. The van der Waals surface area contributed by atoms with E-state index in [1.54, 1.807) is 7.05 Å². The molecule has 0 aliphatic carbocycles. The normalized spacial score (nSPS) is 31.5. The van der Waals surface area contributed by atoms with Gasteiger partial charge in [-0.2, -0.15) is 13.2 Å². The third-order valence-electron chi connectivity index (χ3n) is 5.61. The van der Waals surface area contributed by atoms with E-state index in [2.05, 4.69) is 15.6 Å². The van der Waals surface area contributed by atoms with Crippen LogP contribution in [-0.4, -0.2) is 68.5 Å². The van der Waals surface area contributed by atoms with Crippen LogP contribution < -0.4 is 10.6 Å². The molecule has 3 aliphatic rings. The van der Waals surface area contributed by atoms with Gasteiger partial charge in [-0.1, -0.05) is 0 Å². The monoisotopic (exact) mass is 362 g/mol. The van der Waals surface area contributed by atoms with E-state index in [1.165, 1.54) is 11.3 Å². The van der Waals surface area contributed by atoms with Crippen LogP contribution >= 0.6 is 0 Å². The minimum absolute atomic E-state index is 0.307. The van der Waals surface area contributed by atoms with Crippen LogP contribution in [0.2, 0.25) is 0 Å². The highest BCUT2D eigenvalue weighted by Gasteiger charge is 2.41. The van der Waals surface area contributed by atoms with Gasteiger partial charge in [0.15, 0.2) is 5.96 Å². The lowest BCUT2D eigenvalue weighted by Crippen LogP contribution is -2.48. The van der Waals surface area contributed by atoms with Crippen molar-refractivity contribution in [2.45, 2.75) is 63.0 Å². The summed E-state index contributed by atoms with van der Waals surface area (Å²) in [5.74, 6) is 1.29. The number of nitrogens with zero attached hydrogens (tertiary/aromatic N) is 2. The highest BCUT2D eigenvalue weighted by molar-refractivity contribution is 5.80. The Bertz CT molecular complexity index is 463. The second kappa shape index (κ2) is 8.12. The number of rotatable bonds is 5. The van der Waals surface area contributed by atoms with Crippen molar-refractivity contribution in [1.82, 2.24) is 15.5 Å². The summed E-state index contributed by atoms with van der Waals surface area (Å²) in [6.07, 6.45) is 2.60. The standard InChI is InChI=1S/C17H29F3N4O/c1-21-16(23-14-10-13-2-3-15(14)25-13)22-7-4-12-5-8-24(9-6-12)11-17(18,19)20/h12-15H,2-11H2,1H3,(H2,21,22,23). The summed E-state index contributed by atoms with van der Waals surface area (Å²) >= 11 is 0. The summed E-state index contributed by atoms with van der Waals surface area (Å²) in [6, 6.07) is 0.343. The fraction of sp³-hybridized carbons (Fsp3) is 0.941. The molecule has 0 spiro atoms.